The van der Waals surface area contributed by atoms with Crippen molar-refractivity contribution >= 4 is 5.97 Å². The number of hydrogen-bond acceptors (Lipinski definition) is 3. The summed E-state index contributed by atoms with van der Waals surface area (Å²) < 4.78 is 5.56. The molecule has 1 fully saturated rings. The molecule has 2 atom stereocenters. The van der Waals surface area contributed by atoms with E-state index in [1.807, 2.05) is 13.8 Å². The van der Waals surface area contributed by atoms with Gasteiger partial charge in [-0.05, 0) is 59.9 Å². The standard InChI is InChI=1S/C15H29NO3/c1-11(15(4,5)19-6)16-9-7-8-12(10-16)14(2,3)13(17)18/h11-12H,7-10H2,1-6H3,(H,17,18). The maximum Gasteiger partial charge on any atom is 0.309 e. The molecule has 0 aromatic rings. The molecule has 0 aromatic carbocycles. The third kappa shape index (κ3) is 3.48. The van der Waals surface area contributed by atoms with Gasteiger partial charge in [-0.1, -0.05) is 0 Å². The van der Waals surface area contributed by atoms with E-state index in [9.17, 15) is 9.90 Å². The van der Waals surface area contributed by atoms with Crippen LogP contribution >= 0.6 is 0 Å². The van der Waals surface area contributed by atoms with Crippen molar-refractivity contribution in [3.63, 3.8) is 0 Å². The Labute approximate surface area is 117 Å². The first kappa shape index (κ1) is 16.4. The van der Waals surface area contributed by atoms with Crippen LogP contribution in [0.15, 0.2) is 0 Å². The first-order chi connectivity index (χ1) is 8.63. The zero-order valence-electron chi connectivity index (χ0n) is 13.2. The van der Waals surface area contributed by atoms with Gasteiger partial charge < -0.3 is 9.84 Å². The summed E-state index contributed by atoms with van der Waals surface area (Å²) in [5.74, 6) is -0.494. The minimum atomic E-state index is -0.696. The minimum Gasteiger partial charge on any atom is -0.481 e. The number of carboxylic acids is 1. The average molecular weight is 271 g/mol. The molecule has 0 radical (unpaired) electrons. The molecule has 1 rings (SSSR count). The molecule has 1 aliphatic heterocycles. The van der Waals surface area contributed by atoms with Gasteiger partial charge in [0.05, 0.1) is 11.0 Å². The summed E-state index contributed by atoms with van der Waals surface area (Å²) in [6.45, 7) is 11.9. The minimum absolute atomic E-state index is 0.203. The van der Waals surface area contributed by atoms with Crippen molar-refractivity contribution < 1.29 is 14.6 Å². The molecule has 1 heterocycles. The number of likely N-dealkylation sites (tertiary alicyclic amines) is 1. The molecule has 4 heteroatoms. The lowest BCUT2D eigenvalue weighted by Crippen LogP contribution is -2.54. The largest absolute Gasteiger partial charge is 0.481 e. The molecule has 112 valence electrons. The second kappa shape index (κ2) is 5.80. The normalized spacial score (nSPS) is 24.2. The maximum absolute atomic E-state index is 11.4. The fourth-order valence-corrected chi connectivity index (χ4v) is 2.73. The molecular weight excluding hydrogens is 242 g/mol. The molecule has 0 amide bonds. The van der Waals surface area contributed by atoms with E-state index in [0.717, 1.165) is 25.9 Å². The van der Waals surface area contributed by atoms with E-state index in [-0.39, 0.29) is 17.6 Å². The summed E-state index contributed by atoms with van der Waals surface area (Å²) in [6, 6.07) is 0.282. The highest BCUT2D eigenvalue weighted by Crippen LogP contribution is 2.36. The van der Waals surface area contributed by atoms with Crippen LogP contribution in [-0.4, -0.2) is 47.8 Å². The number of carboxylic acid groups (broad SMARTS) is 1. The van der Waals surface area contributed by atoms with E-state index in [4.69, 9.17) is 4.74 Å². The number of nitrogens with zero attached hydrogens (tertiary/aromatic N) is 1. The van der Waals surface area contributed by atoms with Crippen LogP contribution < -0.4 is 0 Å². The quantitative estimate of drug-likeness (QED) is 0.835. The predicted octanol–water partition coefficient (Wildman–Crippen LogP) is 2.62. The van der Waals surface area contributed by atoms with Gasteiger partial charge >= 0.3 is 5.97 Å². The Kier molecular flexibility index (Phi) is 5.02. The van der Waals surface area contributed by atoms with E-state index in [0.29, 0.717) is 0 Å². The van der Waals surface area contributed by atoms with Crippen molar-refractivity contribution in [3.05, 3.63) is 0 Å². The van der Waals surface area contributed by atoms with Crippen molar-refractivity contribution in [3.8, 4) is 0 Å². The van der Waals surface area contributed by atoms with Gasteiger partial charge in [-0.3, -0.25) is 9.69 Å². The molecule has 4 nitrogen and oxygen atoms in total. The number of piperidine rings is 1. The van der Waals surface area contributed by atoms with Gasteiger partial charge in [0, 0.05) is 19.7 Å². The van der Waals surface area contributed by atoms with Crippen LogP contribution in [0.5, 0.6) is 0 Å². The smallest absolute Gasteiger partial charge is 0.309 e. The zero-order chi connectivity index (χ0) is 14.8. The van der Waals surface area contributed by atoms with Crippen LogP contribution in [0.2, 0.25) is 0 Å². The van der Waals surface area contributed by atoms with Crippen LogP contribution in [0, 0.1) is 11.3 Å². The number of carbonyl (C=O) groups is 1. The fourth-order valence-electron chi connectivity index (χ4n) is 2.73. The van der Waals surface area contributed by atoms with Crippen LogP contribution in [0.1, 0.15) is 47.5 Å². The summed E-state index contributed by atoms with van der Waals surface area (Å²) in [6.07, 6.45) is 2.06. The van der Waals surface area contributed by atoms with Crippen molar-refractivity contribution in [2.45, 2.75) is 59.1 Å². The van der Waals surface area contributed by atoms with Crippen LogP contribution in [0.4, 0.5) is 0 Å². The van der Waals surface area contributed by atoms with Crippen LogP contribution in [0.25, 0.3) is 0 Å². The number of aliphatic carboxylic acids is 1. The second-order valence-corrected chi connectivity index (χ2v) is 6.84. The Morgan fingerprint density at radius 3 is 2.42 bits per heavy atom. The van der Waals surface area contributed by atoms with Gasteiger partial charge in [0.15, 0.2) is 0 Å². The summed E-state index contributed by atoms with van der Waals surface area (Å²) in [7, 11) is 1.74. The first-order valence-electron chi connectivity index (χ1n) is 7.15. The fraction of sp³-hybridized carbons (Fsp3) is 0.933. The Balaban J connectivity index is 2.78. The van der Waals surface area contributed by atoms with E-state index < -0.39 is 11.4 Å². The summed E-state index contributed by atoms with van der Waals surface area (Å²) in [5, 5.41) is 9.38. The van der Waals surface area contributed by atoms with Gasteiger partial charge in [-0.25, -0.2) is 0 Å². The first-order valence-corrected chi connectivity index (χ1v) is 7.15. The lowest BCUT2D eigenvalue weighted by atomic mass is 9.74. The molecule has 2 unspecified atom stereocenters. The second-order valence-electron chi connectivity index (χ2n) is 6.84. The SMILES string of the molecule is COC(C)(C)C(C)N1CCCC(C(C)(C)C(=O)O)C1. The molecule has 1 saturated heterocycles. The maximum atomic E-state index is 11.4. The lowest BCUT2D eigenvalue weighted by Gasteiger charge is -2.45. The molecule has 0 saturated carbocycles. The summed E-state index contributed by atoms with van der Waals surface area (Å²) in [4.78, 5) is 13.8. The molecule has 19 heavy (non-hydrogen) atoms. The molecule has 1 N–H and O–H groups in total. The van der Waals surface area contributed by atoms with E-state index in [2.05, 4.69) is 25.7 Å². The summed E-state index contributed by atoms with van der Waals surface area (Å²) in [5.41, 5.74) is -0.870. The predicted molar refractivity (Wildman–Crippen MR) is 76.3 cm³/mol. The Morgan fingerprint density at radius 2 is 1.95 bits per heavy atom. The van der Waals surface area contributed by atoms with Gasteiger partial charge in [0.25, 0.3) is 0 Å². The van der Waals surface area contributed by atoms with Crippen molar-refractivity contribution in [2.75, 3.05) is 20.2 Å². The summed E-state index contributed by atoms with van der Waals surface area (Å²) >= 11 is 0. The number of methoxy groups -OCH3 is 1. The van der Waals surface area contributed by atoms with Gasteiger partial charge in [0.1, 0.15) is 0 Å². The number of ether oxygens (including phenoxy) is 1. The monoisotopic (exact) mass is 271 g/mol. The van der Waals surface area contributed by atoms with E-state index >= 15 is 0 Å². The Bertz CT molecular complexity index is 325. The topological polar surface area (TPSA) is 49.8 Å². The molecule has 0 aromatic heterocycles. The number of hydrogen-bond donors (Lipinski definition) is 1. The Hall–Kier alpha value is -0.610. The highest BCUT2D eigenvalue weighted by atomic mass is 16.5. The molecule has 0 aliphatic carbocycles. The highest BCUT2D eigenvalue weighted by molar-refractivity contribution is 5.74. The van der Waals surface area contributed by atoms with Crippen molar-refractivity contribution in [1.29, 1.82) is 0 Å². The third-order valence-corrected chi connectivity index (χ3v) is 5.10. The van der Waals surface area contributed by atoms with Crippen LogP contribution in [0.3, 0.4) is 0 Å². The van der Waals surface area contributed by atoms with Gasteiger partial charge in [-0.15, -0.1) is 0 Å². The van der Waals surface area contributed by atoms with E-state index in [1.54, 1.807) is 7.11 Å². The highest BCUT2D eigenvalue weighted by Gasteiger charge is 2.41. The molecular formula is C15H29NO3. The number of rotatable bonds is 5. The van der Waals surface area contributed by atoms with Crippen molar-refractivity contribution in [2.24, 2.45) is 11.3 Å². The van der Waals surface area contributed by atoms with Crippen molar-refractivity contribution in [1.82, 2.24) is 4.90 Å². The molecule has 1 aliphatic rings. The third-order valence-electron chi connectivity index (χ3n) is 5.10. The van der Waals surface area contributed by atoms with Gasteiger partial charge in [-0.2, -0.15) is 0 Å². The zero-order valence-corrected chi connectivity index (χ0v) is 13.2. The van der Waals surface area contributed by atoms with Gasteiger partial charge in [0.2, 0.25) is 0 Å². The molecule has 0 spiro atoms. The van der Waals surface area contributed by atoms with E-state index in [1.165, 1.54) is 0 Å². The van der Waals surface area contributed by atoms with Crippen LogP contribution in [-0.2, 0) is 9.53 Å². The Morgan fingerprint density at radius 1 is 1.37 bits per heavy atom. The molecule has 0 bridgehead atoms. The lowest BCUT2D eigenvalue weighted by molar-refractivity contribution is -0.152. The average Bonchev–Trinajstić information content (AvgIpc) is 2.37.